The summed E-state index contributed by atoms with van der Waals surface area (Å²) in [5.74, 6) is 3.07. The van der Waals surface area contributed by atoms with Crippen molar-refractivity contribution < 1.29 is 4.79 Å². The number of carbonyl (C=O) groups excluding carboxylic acids is 1. The highest BCUT2D eigenvalue weighted by atomic mass is 32.2. The smallest absolute Gasteiger partial charge is 0.133 e. The van der Waals surface area contributed by atoms with Crippen LogP contribution in [0.1, 0.15) is 38.7 Å². The van der Waals surface area contributed by atoms with Crippen LogP contribution in [0.15, 0.2) is 34.6 Å². The molecule has 0 aromatic heterocycles. The molecule has 1 aromatic carbocycles. The predicted octanol–water partition coefficient (Wildman–Crippen LogP) is 5.23. The maximum absolute atomic E-state index is 11.8. The van der Waals surface area contributed by atoms with E-state index in [0.717, 1.165) is 0 Å². The predicted molar refractivity (Wildman–Crippen MR) is 92.0 cm³/mol. The lowest BCUT2D eigenvalue weighted by molar-refractivity contribution is -0.119. The number of carbonyl (C=O) groups is 1. The van der Waals surface area contributed by atoms with E-state index in [2.05, 4.69) is 37.3 Å². The summed E-state index contributed by atoms with van der Waals surface area (Å²) < 4.78 is 1.43. The SMILES string of the molecule is CCC(=O)CC(C)C(=C1SCCCS1)c1ccccc1. The van der Waals surface area contributed by atoms with Crippen LogP contribution in [-0.4, -0.2) is 17.3 Å². The molecule has 1 aliphatic heterocycles. The van der Waals surface area contributed by atoms with Gasteiger partial charge in [0.15, 0.2) is 0 Å². The average molecular weight is 306 g/mol. The molecule has 1 atom stereocenters. The molecular formula is C17H22OS2. The largest absolute Gasteiger partial charge is 0.300 e. The van der Waals surface area contributed by atoms with Crippen LogP contribution in [0.5, 0.6) is 0 Å². The van der Waals surface area contributed by atoms with Gasteiger partial charge < -0.3 is 0 Å². The molecule has 1 heterocycles. The highest BCUT2D eigenvalue weighted by molar-refractivity contribution is 8.23. The molecule has 1 saturated heterocycles. The van der Waals surface area contributed by atoms with Gasteiger partial charge in [-0.05, 0) is 35.0 Å². The van der Waals surface area contributed by atoms with Gasteiger partial charge in [-0.1, -0.05) is 44.2 Å². The molecule has 2 rings (SSSR count). The van der Waals surface area contributed by atoms with Gasteiger partial charge in [0.25, 0.3) is 0 Å². The van der Waals surface area contributed by atoms with Crippen molar-refractivity contribution in [2.24, 2.45) is 5.92 Å². The minimum atomic E-state index is 0.304. The number of benzene rings is 1. The fourth-order valence-electron chi connectivity index (χ4n) is 2.39. The molecule has 0 spiro atoms. The summed E-state index contributed by atoms with van der Waals surface area (Å²) in [6.45, 7) is 4.15. The van der Waals surface area contributed by atoms with Gasteiger partial charge in [-0.3, -0.25) is 4.79 Å². The quantitative estimate of drug-likeness (QED) is 0.741. The van der Waals surface area contributed by atoms with Crippen LogP contribution in [0.4, 0.5) is 0 Å². The molecule has 1 aromatic rings. The van der Waals surface area contributed by atoms with Crippen molar-refractivity contribution in [3.8, 4) is 0 Å². The summed E-state index contributed by atoms with van der Waals surface area (Å²) in [6, 6.07) is 10.6. The summed E-state index contributed by atoms with van der Waals surface area (Å²) in [6.07, 6.45) is 2.58. The van der Waals surface area contributed by atoms with Crippen molar-refractivity contribution in [2.75, 3.05) is 11.5 Å². The Labute approximate surface area is 130 Å². The van der Waals surface area contributed by atoms with Crippen molar-refractivity contribution in [3.05, 3.63) is 40.1 Å². The molecule has 1 nitrogen and oxygen atoms in total. The van der Waals surface area contributed by atoms with Crippen molar-refractivity contribution in [1.82, 2.24) is 0 Å². The molecule has 1 fully saturated rings. The van der Waals surface area contributed by atoms with Gasteiger partial charge in [-0.25, -0.2) is 0 Å². The molecule has 3 heteroatoms. The second kappa shape index (κ2) is 7.94. The highest BCUT2D eigenvalue weighted by Gasteiger charge is 2.21. The maximum Gasteiger partial charge on any atom is 0.133 e. The number of hydrogen-bond acceptors (Lipinski definition) is 3. The first kappa shape index (κ1) is 15.7. The van der Waals surface area contributed by atoms with E-state index >= 15 is 0 Å². The number of Topliss-reactive ketones (excluding diaryl/α,β-unsaturated/α-hetero) is 1. The van der Waals surface area contributed by atoms with Crippen molar-refractivity contribution >= 4 is 34.9 Å². The van der Waals surface area contributed by atoms with E-state index in [9.17, 15) is 4.79 Å². The van der Waals surface area contributed by atoms with Crippen LogP contribution < -0.4 is 0 Å². The Balaban J connectivity index is 2.31. The zero-order valence-electron chi connectivity index (χ0n) is 12.2. The zero-order chi connectivity index (χ0) is 14.4. The first-order chi connectivity index (χ1) is 9.72. The van der Waals surface area contributed by atoms with E-state index in [-0.39, 0.29) is 0 Å². The standard InChI is InChI=1S/C17H22OS2/c1-3-15(18)12-13(2)16(14-8-5-4-6-9-14)17-19-10-7-11-20-17/h4-6,8-9,13H,3,7,10-12H2,1-2H3. The molecule has 0 aliphatic carbocycles. The fourth-order valence-corrected chi connectivity index (χ4v) is 5.31. The van der Waals surface area contributed by atoms with E-state index < -0.39 is 0 Å². The van der Waals surface area contributed by atoms with Gasteiger partial charge in [0.1, 0.15) is 5.78 Å². The van der Waals surface area contributed by atoms with E-state index in [1.807, 2.05) is 30.4 Å². The molecule has 0 radical (unpaired) electrons. The Morgan fingerprint density at radius 1 is 1.20 bits per heavy atom. The third-order valence-corrected chi connectivity index (χ3v) is 6.14. The Morgan fingerprint density at radius 2 is 1.85 bits per heavy atom. The van der Waals surface area contributed by atoms with Crippen molar-refractivity contribution in [1.29, 1.82) is 0 Å². The van der Waals surface area contributed by atoms with Gasteiger partial charge in [0, 0.05) is 17.1 Å². The van der Waals surface area contributed by atoms with Crippen LogP contribution in [0, 0.1) is 5.92 Å². The van der Waals surface area contributed by atoms with Crippen LogP contribution in [0.2, 0.25) is 0 Å². The van der Waals surface area contributed by atoms with Gasteiger partial charge in [-0.15, -0.1) is 23.5 Å². The van der Waals surface area contributed by atoms with E-state index in [0.29, 0.717) is 24.5 Å². The molecule has 1 aliphatic rings. The van der Waals surface area contributed by atoms with Crippen LogP contribution >= 0.6 is 23.5 Å². The number of allylic oxidation sites excluding steroid dienone is 1. The topological polar surface area (TPSA) is 17.1 Å². The Morgan fingerprint density at radius 3 is 2.45 bits per heavy atom. The average Bonchev–Trinajstić information content (AvgIpc) is 2.49. The Bertz CT molecular complexity index is 471. The molecule has 108 valence electrons. The van der Waals surface area contributed by atoms with Gasteiger partial charge in [0.05, 0.1) is 0 Å². The third-order valence-electron chi connectivity index (χ3n) is 3.48. The molecule has 0 amide bonds. The van der Waals surface area contributed by atoms with Gasteiger partial charge in [-0.2, -0.15) is 0 Å². The van der Waals surface area contributed by atoms with Crippen LogP contribution in [0.3, 0.4) is 0 Å². The highest BCUT2D eigenvalue weighted by Crippen LogP contribution is 2.43. The maximum atomic E-state index is 11.8. The molecule has 0 saturated carbocycles. The van der Waals surface area contributed by atoms with Crippen LogP contribution in [0.25, 0.3) is 5.57 Å². The second-order valence-corrected chi connectivity index (χ2v) is 7.58. The Kier molecular flexibility index (Phi) is 6.24. The van der Waals surface area contributed by atoms with E-state index in [4.69, 9.17) is 0 Å². The number of hydrogen-bond donors (Lipinski definition) is 0. The summed E-state index contributed by atoms with van der Waals surface area (Å²) in [4.78, 5) is 11.8. The van der Waals surface area contributed by atoms with E-state index in [1.165, 1.54) is 33.3 Å². The second-order valence-electron chi connectivity index (χ2n) is 5.12. The lowest BCUT2D eigenvalue weighted by atomic mass is 9.91. The van der Waals surface area contributed by atoms with Gasteiger partial charge in [0.2, 0.25) is 0 Å². The monoisotopic (exact) mass is 306 g/mol. The summed E-state index contributed by atoms with van der Waals surface area (Å²) >= 11 is 3.92. The minimum Gasteiger partial charge on any atom is -0.300 e. The molecule has 0 N–H and O–H groups in total. The lowest BCUT2D eigenvalue weighted by Gasteiger charge is -2.23. The fraction of sp³-hybridized carbons (Fsp3) is 0.471. The molecular weight excluding hydrogens is 284 g/mol. The molecule has 0 bridgehead atoms. The van der Waals surface area contributed by atoms with Crippen molar-refractivity contribution in [2.45, 2.75) is 33.1 Å². The summed E-state index contributed by atoms with van der Waals surface area (Å²) in [7, 11) is 0. The Hall–Kier alpha value is -0.670. The lowest BCUT2D eigenvalue weighted by Crippen LogP contribution is -2.09. The van der Waals surface area contributed by atoms with Crippen molar-refractivity contribution in [3.63, 3.8) is 0 Å². The third kappa shape index (κ3) is 4.16. The summed E-state index contributed by atoms with van der Waals surface area (Å²) in [5, 5.41) is 0. The zero-order valence-corrected chi connectivity index (χ0v) is 13.9. The number of ketones is 1. The molecule has 1 unspecified atom stereocenters. The van der Waals surface area contributed by atoms with E-state index in [1.54, 1.807) is 0 Å². The first-order valence-corrected chi connectivity index (χ1v) is 9.26. The first-order valence-electron chi connectivity index (χ1n) is 7.29. The normalized spacial score (nSPS) is 16.8. The number of thioether (sulfide) groups is 2. The van der Waals surface area contributed by atoms with Gasteiger partial charge >= 0.3 is 0 Å². The minimum absolute atomic E-state index is 0.304. The summed E-state index contributed by atoms with van der Waals surface area (Å²) in [5.41, 5.74) is 2.66. The molecule has 20 heavy (non-hydrogen) atoms. The van der Waals surface area contributed by atoms with Crippen LogP contribution in [-0.2, 0) is 4.79 Å². The number of rotatable bonds is 5.